The van der Waals surface area contributed by atoms with Crippen LogP contribution in [0.25, 0.3) is 0 Å². The molecule has 0 aromatic heterocycles. The first kappa shape index (κ1) is 35.4. The Morgan fingerprint density at radius 1 is 0.898 bits per heavy atom. The van der Waals surface area contributed by atoms with Crippen molar-refractivity contribution < 1.29 is 19.1 Å². The van der Waals surface area contributed by atoms with Crippen molar-refractivity contribution in [2.24, 2.45) is 0 Å². The van der Waals surface area contributed by atoms with Gasteiger partial charge in [0.2, 0.25) is 18.2 Å². The van der Waals surface area contributed by atoms with Crippen LogP contribution in [0.3, 0.4) is 0 Å². The molecule has 0 radical (unpaired) electrons. The molecule has 0 fully saturated rings. The number of benzene rings is 4. The topological polar surface area (TPSA) is 99.8 Å². The lowest BCUT2D eigenvalue weighted by molar-refractivity contribution is -0.139. The summed E-state index contributed by atoms with van der Waals surface area (Å²) in [6, 6.07) is 32.3. The lowest BCUT2D eigenvalue weighted by atomic mass is 9.88. The molecule has 1 aliphatic carbocycles. The van der Waals surface area contributed by atoms with Crippen molar-refractivity contribution in [2.45, 2.75) is 77.2 Å². The fraction of sp³-hybridized carbons (Fsp3) is 0.341. The molecule has 8 nitrogen and oxygen atoms in total. The van der Waals surface area contributed by atoms with E-state index < -0.39 is 6.04 Å². The third-order valence-electron chi connectivity index (χ3n) is 9.29. The summed E-state index contributed by atoms with van der Waals surface area (Å²) >= 11 is 0. The van der Waals surface area contributed by atoms with E-state index >= 15 is 0 Å². The van der Waals surface area contributed by atoms with Crippen LogP contribution in [0, 0.1) is 6.92 Å². The van der Waals surface area contributed by atoms with E-state index in [0.717, 1.165) is 42.5 Å². The van der Waals surface area contributed by atoms with Crippen LogP contribution in [0.15, 0.2) is 97.1 Å². The Labute approximate surface area is 290 Å². The van der Waals surface area contributed by atoms with Crippen LogP contribution in [0.5, 0.6) is 5.75 Å². The molecular formula is C41H48N4O4. The first-order chi connectivity index (χ1) is 23.8. The Bertz CT molecular complexity index is 1690. The molecule has 8 heteroatoms. The maximum Gasteiger partial charge on any atom is 0.246 e. The number of carbonyl (C=O) groups is 3. The molecule has 0 bridgehead atoms. The summed E-state index contributed by atoms with van der Waals surface area (Å²) in [6.07, 6.45) is 5.40. The number of nitrogens with one attached hydrogen (secondary N) is 3. The summed E-state index contributed by atoms with van der Waals surface area (Å²) < 4.78 is 5.93. The van der Waals surface area contributed by atoms with Gasteiger partial charge in [0.25, 0.3) is 0 Å². The molecule has 4 aromatic rings. The average molecular weight is 661 g/mol. The molecule has 0 unspecified atom stereocenters. The van der Waals surface area contributed by atoms with Crippen molar-refractivity contribution in [3.8, 4) is 5.75 Å². The fourth-order valence-corrected chi connectivity index (χ4v) is 6.60. The van der Waals surface area contributed by atoms with Gasteiger partial charge in [0.15, 0.2) is 0 Å². The molecule has 49 heavy (non-hydrogen) atoms. The predicted molar refractivity (Wildman–Crippen MR) is 193 cm³/mol. The van der Waals surface area contributed by atoms with Gasteiger partial charge in [-0.2, -0.15) is 0 Å². The zero-order valence-corrected chi connectivity index (χ0v) is 28.8. The molecule has 3 amide bonds. The van der Waals surface area contributed by atoms with Gasteiger partial charge in [-0.25, -0.2) is 0 Å². The summed E-state index contributed by atoms with van der Waals surface area (Å²) in [6.45, 7) is 5.34. The Hall–Kier alpha value is -4.95. The predicted octanol–water partition coefficient (Wildman–Crippen LogP) is 5.60. The van der Waals surface area contributed by atoms with Gasteiger partial charge in [-0.05, 0) is 92.1 Å². The van der Waals surface area contributed by atoms with Crippen LogP contribution in [0.4, 0.5) is 0 Å². The van der Waals surface area contributed by atoms with Crippen molar-refractivity contribution in [3.05, 3.63) is 136 Å². The molecule has 256 valence electrons. The number of hydrogen-bond donors (Lipinski definition) is 3. The molecule has 0 spiro atoms. The number of ether oxygens (including phenoxy) is 1. The second kappa shape index (κ2) is 17.4. The number of nitrogens with zero attached hydrogens (tertiary/aromatic N) is 1. The van der Waals surface area contributed by atoms with Gasteiger partial charge in [-0.3, -0.25) is 14.4 Å². The molecule has 3 atom stereocenters. The van der Waals surface area contributed by atoms with Crippen molar-refractivity contribution in [2.75, 3.05) is 13.6 Å². The largest absolute Gasteiger partial charge is 0.489 e. The van der Waals surface area contributed by atoms with Gasteiger partial charge in [-0.1, -0.05) is 90.5 Å². The SMILES string of the molecule is CNCC(=O)N[C@@H](Cc1ccc(OCc2ccc(C)cc2)cc1)C(=O)N1Cc2ccccc2C[C@H]1C.O=CN[C@@H]1CCCc2ccccc21. The highest BCUT2D eigenvalue weighted by atomic mass is 16.5. The van der Waals surface area contributed by atoms with Crippen LogP contribution in [-0.4, -0.2) is 48.8 Å². The molecule has 3 N–H and O–H groups in total. The first-order valence-electron chi connectivity index (χ1n) is 17.2. The van der Waals surface area contributed by atoms with Gasteiger partial charge in [0, 0.05) is 19.0 Å². The Morgan fingerprint density at radius 3 is 2.29 bits per heavy atom. The minimum Gasteiger partial charge on any atom is -0.489 e. The third kappa shape index (κ3) is 9.80. The third-order valence-corrected chi connectivity index (χ3v) is 9.29. The van der Waals surface area contributed by atoms with Crippen LogP contribution in [0.2, 0.25) is 0 Å². The average Bonchev–Trinajstić information content (AvgIpc) is 3.12. The van der Waals surface area contributed by atoms with E-state index in [0.29, 0.717) is 19.6 Å². The summed E-state index contributed by atoms with van der Waals surface area (Å²) in [7, 11) is 1.72. The molecule has 1 heterocycles. The van der Waals surface area contributed by atoms with Crippen molar-refractivity contribution in [1.29, 1.82) is 0 Å². The Balaban J connectivity index is 0.000000299. The lowest BCUT2D eigenvalue weighted by Crippen LogP contribution is -2.54. The van der Waals surface area contributed by atoms with E-state index in [1.54, 1.807) is 7.05 Å². The van der Waals surface area contributed by atoms with Crippen LogP contribution >= 0.6 is 0 Å². The summed E-state index contributed by atoms with van der Waals surface area (Å²) in [4.78, 5) is 38.4. The normalized spacial score (nSPS) is 16.9. The van der Waals surface area contributed by atoms with E-state index in [1.165, 1.54) is 34.2 Å². The van der Waals surface area contributed by atoms with Crippen molar-refractivity contribution >= 4 is 18.2 Å². The van der Waals surface area contributed by atoms with Crippen molar-refractivity contribution in [1.82, 2.24) is 20.9 Å². The number of aryl methyl sites for hydroxylation is 2. The van der Waals surface area contributed by atoms with Gasteiger partial charge in [-0.15, -0.1) is 0 Å². The molecular weight excluding hydrogens is 612 g/mol. The summed E-state index contributed by atoms with van der Waals surface area (Å²) in [5, 5.41) is 8.67. The Morgan fingerprint density at radius 2 is 1.57 bits per heavy atom. The first-order valence-corrected chi connectivity index (χ1v) is 17.2. The molecule has 0 saturated heterocycles. The molecule has 6 rings (SSSR count). The molecule has 2 aliphatic rings. The maximum absolute atomic E-state index is 13.7. The lowest BCUT2D eigenvalue weighted by Gasteiger charge is -2.37. The minimum absolute atomic E-state index is 0.0545. The zero-order valence-electron chi connectivity index (χ0n) is 28.8. The van der Waals surface area contributed by atoms with Gasteiger partial charge in [0.1, 0.15) is 18.4 Å². The number of amides is 3. The molecule has 1 aliphatic heterocycles. The van der Waals surface area contributed by atoms with Crippen LogP contribution in [-0.2, 0) is 46.8 Å². The number of carbonyl (C=O) groups excluding carboxylic acids is 3. The van der Waals surface area contributed by atoms with Gasteiger partial charge < -0.3 is 25.6 Å². The van der Waals surface area contributed by atoms with Crippen LogP contribution in [0.1, 0.15) is 64.8 Å². The number of hydrogen-bond acceptors (Lipinski definition) is 5. The van der Waals surface area contributed by atoms with E-state index in [9.17, 15) is 14.4 Å². The monoisotopic (exact) mass is 660 g/mol. The number of fused-ring (bicyclic) bond motifs is 2. The number of rotatable bonds is 11. The molecule has 0 saturated carbocycles. The zero-order chi connectivity index (χ0) is 34.6. The molecule has 4 aromatic carbocycles. The van der Waals surface area contributed by atoms with E-state index in [-0.39, 0.29) is 30.4 Å². The highest BCUT2D eigenvalue weighted by Gasteiger charge is 2.32. The minimum atomic E-state index is -0.641. The number of likely N-dealkylation sites (N-methyl/N-ethyl adjacent to an activating group) is 1. The summed E-state index contributed by atoms with van der Waals surface area (Å²) in [5.41, 5.74) is 8.42. The second-order valence-electron chi connectivity index (χ2n) is 13.0. The second-order valence-corrected chi connectivity index (χ2v) is 13.0. The standard InChI is InChI=1S/C30H35N3O3.C11H13NO/c1-21-8-10-24(11-9-21)20-36-27-14-12-23(13-15-27)17-28(32-29(34)18-31-3)30(35)33-19-26-7-5-4-6-25(26)16-22(33)2;13-8-12-11-7-3-5-9-4-1-2-6-10(9)11/h4-15,22,28,31H,16-20H2,1-3H3,(H,32,34);1-2,4,6,8,11H,3,5,7H2,(H,12,13)/t22-,28+;11-/m11/s1. The van der Waals surface area contributed by atoms with Gasteiger partial charge >= 0.3 is 0 Å². The highest BCUT2D eigenvalue weighted by molar-refractivity contribution is 5.89. The van der Waals surface area contributed by atoms with Crippen molar-refractivity contribution in [3.63, 3.8) is 0 Å². The maximum atomic E-state index is 13.7. The smallest absolute Gasteiger partial charge is 0.246 e. The quantitative estimate of drug-likeness (QED) is 0.182. The van der Waals surface area contributed by atoms with E-state index in [1.807, 2.05) is 47.4 Å². The summed E-state index contributed by atoms with van der Waals surface area (Å²) in [5.74, 6) is 0.516. The fourth-order valence-electron chi connectivity index (χ4n) is 6.60. The highest BCUT2D eigenvalue weighted by Crippen LogP contribution is 2.29. The Kier molecular flexibility index (Phi) is 12.6. The van der Waals surface area contributed by atoms with E-state index in [2.05, 4.69) is 84.4 Å². The van der Waals surface area contributed by atoms with E-state index in [4.69, 9.17) is 4.74 Å². The van der Waals surface area contributed by atoms with Crippen LogP contribution < -0.4 is 20.7 Å². The van der Waals surface area contributed by atoms with Gasteiger partial charge in [0.05, 0.1) is 12.6 Å².